The highest BCUT2D eigenvalue weighted by Crippen LogP contribution is 2.25. The highest BCUT2D eigenvalue weighted by atomic mass is 79.9. The summed E-state index contributed by atoms with van der Waals surface area (Å²) >= 11 is 9.49. The summed E-state index contributed by atoms with van der Waals surface area (Å²) in [6.45, 7) is 2.13. The fourth-order valence-electron chi connectivity index (χ4n) is 1.81. The lowest BCUT2D eigenvalue weighted by molar-refractivity contribution is 0.118. The number of carbonyl (C=O) groups is 1. The molecule has 0 aliphatic rings. The summed E-state index contributed by atoms with van der Waals surface area (Å²) in [7, 11) is 1.23. The molecule has 2 rings (SSSR count). The van der Waals surface area contributed by atoms with E-state index in [0.717, 1.165) is 15.6 Å². The molecule has 8 heteroatoms. The van der Waals surface area contributed by atoms with Crippen LogP contribution < -0.4 is 10.3 Å². The molecule has 0 atom stereocenters. The molecule has 132 valence electrons. The number of methoxy groups -OCH3 is 1. The van der Waals surface area contributed by atoms with Gasteiger partial charge in [0.1, 0.15) is 6.61 Å². The Kier molecular flexibility index (Phi) is 7.09. The monoisotopic (exact) mass is 426 g/mol. The molecule has 0 unspecified atom stereocenters. The third-order valence-corrected chi connectivity index (χ3v) is 4.24. The van der Waals surface area contributed by atoms with Crippen molar-refractivity contribution in [3.8, 4) is 5.75 Å². The van der Waals surface area contributed by atoms with Crippen molar-refractivity contribution < 1.29 is 19.2 Å². The number of nitrogens with zero attached hydrogens (tertiary/aromatic N) is 1. The number of nitrogens with one attached hydrogen (secondary N) is 1. The second-order valence-corrected chi connectivity index (χ2v) is 6.14. The maximum absolute atomic E-state index is 11.1. The average molecular weight is 428 g/mol. The van der Waals surface area contributed by atoms with E-state index in [1.54, 1.807) is 25.1 Å². The van der Waals surface area contributed by atoms with Gasteiger partial charge in [0.25, 0.3) is 0 Å². The first-order valence-corrected chi connectivity index (χ1v) is 8.39. The molecule has 2 aromatic rings. The number of benzene rings is 2. The Balaban J connectivity index is 2.04. The zero-order valence-electron chi connectivity index (χ0n) is 13.6. The summed E-state index contributed by atoms with van der Waals surface area (Å²) < 4.78 is 5.39. The smallest absolute Gasteiger partial charge is 0.440 e. The van der Waals surface area contributed by atoms with Gasteiger partial charge in [-0.2, -0.15) is 5.48 Å². The van der Waals surface area contributed by atoms with Gasteiger partial charge in [0, 0.05) is 15.6 Å². The van der Waals surface area contributed by atoms with Gasteiger partial charge in [-0.05, 0) is 25.1 Å². The summed E-state index contributed by atoms with van der Waals surface area (Å²) in [6.07, 6.45) is -0.733. The number of halogens is 2. The molecule has 0 saturated carbocycles. The molecule has 0 fully saturated rings. The lowest BCUT2D eigenvalue weighted by Crippen LogP contribution is -2.26. The van der Waals surface area contributed by atoms with Crippen LogP contribution in [0.5, 0.6) is 5.75 Å². The molecule has 25 heavy (non-hydrogen) atoms. The molecule has 0 bridgehead atoms. The van der Waals surface area contributed by atoms with Crippen LogP contribution in [0.2, 0.25) is 5.02 Å². The van der Waals surface area contributed by atoms with Crippen LogP contribution in [0.4, 0.5) is 4.79 Å². The molecule has 1 amide bonds. The Labute approximate surface area is 158 Å². The molecule has 0 spiro atoms. The molecule has 0 aromatic heterocycles. The zero-order chi connectivity index (χ0) is 18.2. The predicted molar refractivity (Wildman–Crippen MR) is 98.8 cm³/mol. The minimum Gasteiger partial charge on any atom is -0.451 e. The normalized spacial score (nSPS) is 11.0. The largest absolute Gasteiger partial charge is 0.451 e. The van der Waals surface area contributed by atoms with Gasteiger partial charge in [-0.15, -0.1) is 0 Å². The fraction of sp³-hybridized carbons (Fsp3) is 0.176. The van der Waals surface area contributed by atoms with Crippen molar-refractivity contribution in [3.63, 3.8) is 0 Å². The molecule has 0 aliphatic heterocycles. The van der Waals surface area contributed by atoms with Gasteiger partial charge in [-0.1, -0.05) is 57.0 Å². The lowest BCUT2D eigenvalue weighted by atomic mass is 10.1. The highest BCUT2D eigenvalue weighted by Gasteiger charge is 2.08. The van der Waals surface area contributed by atoms with Crippen LogP contribution in [0, 0.1) is 0 Å². The topological polar surface area (TPSA) is 69.2 Å². The van der Waals surface area contributed by atoms with Crippen LogP contribution in [0.1, 0.15) is 18.1 Å². The van der Waals surface area contributed by atoms with Crippen molar-refractivity contribution in [2.45, 2.75) is 13.5 Å². The summed E-state index contributed by atoms with van der Waals surface area (Å²) in [6, 6.07) is 12.8. The second kappa shape index (κ2) is 9.29. The number of carbonyl (C=O) groups excluding carboxylic acids is 1. The number of hydroxylamine groups is 1. The molecule has 0 saturated heterocycles. The summed E-state index contributed by atoms with van der Waals surface area (Å²) in [4.78, 5) is 21.6. The van der Waals surface area contributed by atoms with E-state index in [0.29, 0.717) is 17.3 Å². The first-order chi connectivity index (χ1) is 12.0. The van der Waals surface area contributed by atoms with Crippen molar-refractivity contribution in [2.24, 2.45) is 5.16 Å². The van der Waals surface area contributed by atoms with E-state index in [9.17, 15) is 4.79 Å². The number of hydrogen-bond donors (Lipinski definition) is 1. The van der Waals surface area contributed by atoms with E-state index in [-0.39, 0.29) is 5.75 Å². The minimum absolute atomic E-state index is 0.268. The van der Waals surface area contributed by atoms with Crippen LogP contribution >= 0.6 is 27.5 Å². The maximum atomic E-state index is 11.1. The molecule has 0 heterocycles. The fourth-order valence-corrected chi connectivity index (χ4v) is 2.37. The Hall–Kier alpha value is -2.25. The zero-order valence-corrected chi connectivity index (χ0v) is 15.9. The molecule has 1 N–H and O–H groups in total. The molecule has 6 nitrogen and oxygen atoms in total. The van der Waals surface area contributed by atoms with Gasteiger partial charge in [-0.3, -0.25) is 0 Å². The average Bonchev–Trinajstić information content (AvgIpc) is 2.62. The predicted octanol–water partition coefficient (Wildman–Crippen LogP) is 4.69. The van der Waals surface area contributed by atoms with E-state index in [4.69, 9.17) is 21.3 Å². The van der Waals surface area contributed by atoms with Gasteiger partial charge in [0.15, 0.2) is 5.75 Å². The molecular weight excluding hydrogens is 412 g/mol. The van der Waals surface area contributed by atoms with Gasteiger partial charge in [-0.25, -0.2) is 4.79 Å². The Morgan fingerprint density at radius 3 is 2.76 bits per heavy atom. The van der Waals surface area contributed by atoms with Crippen molar-refractivity contribution >= 4 is 39.3 Å². The SMILES string of the molecule is COC(=O)NOc1cc(/C(C)=N/OCc2ccccc2Br)ccc1Cl. The van der Waals surface area contributed by atoms with Gasteiger partial charge < -0.3 is 14.4 Å². The van der Waals surface area contributed by atoms with E-state index in [1.165, 1.54) is 7.11 Å². The van der Waals surface area contributed by atoms with Gasteiger partial charge >= 0.3 is 6.09 Å². The molecule has 0 radical (unpaired) electrons. The Morgan fingerprint density at radius 2 is 2.04 bits per heavy atom. The number of hydrogen-bond acceptors (Lipinski definition) is 5. The van der Waals surface area contributed by atoms with Crippen molar-refractivity contribution in [2.75, 3.05) is 7.11 Å². The maximum Gasteiger partial charge on any atom is 0.440 e. The molecule has 0 aliphatic carbocycles. The summed E-state index contributed by atoms with van der Waals surface area (Å²) in [5.41, 5.74) is 4.46. The van der Waals surface area contributed by atoms with Gasteiger partial charge in [0.2, 0.25) is 0 Å². The number of amides is 1. The van der Waals surface area contributed by atoms with Crippen LogP contribution in [-0.2, 0) is 16.2 Å². The first-order valence-electron chi connectivity index (χ1n) is 7.22. The second-order valence-electron chi connectivity index (χ2n) is 4.88. The lowest BCUT2D eigenvalue weighted by Gasteiger charge is -2.09. The van der Waals surface area contributed by atoms with Crippen molar-refractivity contribution in [1.29, 1.82) is 0 Å². The quantitative estimate of drug-likeness (QED) is 0.536. The standard InChI is InChI=1S/C17H16BrClN2O4/c1-11(20-24-10-13-5-3-4-6-14(13)18)12-7-8-15(19)16(9-12)25-21-17(22)23-2/h3-9H,10H2,1-2H3,(H,21,22)/b20-11+. The van der Waals surface area contributed by atoms with E-state index in [1.807, 2.05) is 24.3 Å². The van der Waals surface area contributed by atoms with E-state index < -0.39 is 6.09 Å². The van der Waals surface area contributed by atoms with Crippen LogP contribution in [0.25, 0.3) is 0 Å². The van der Waals surface area contributed by atoms with Gasteiger partial charge in [0.05, 0.1) is 17.8 Å². The Morgan fingerprint density at radius 1 is 1.28 bits per heavy atom. The van der Waals surface area contributed by atoms with E-state index >= 15 is 0 Å². The molecule has 2 aromatic carbocycles. The highest BCUT2D eigenvalue weighted by molar-refractivity contribution is 9.10. The Bertz CT molecular complexity index is 783. The number of ether oxygens (including phenoxy) is 1. The van der Waals surface area contributed by atoms with Crippen LogP contribution in [-0.4, -0.2) is 18.9 Å². The van der Waals surface area contributed by atoms with Crippen LogP contribution in [0.15, 0.2) is 52.1 Å². The summed E-state index contributed by atoms with van der Waals surface area (Å²) in [5, 5.41) is 4.43. The third-order valence-electron chi connectivity index (χ3n) is 3.16. The van der Waals surface area contributed by atoms with Crippen molar-refractivity contribution in [3.05, 3.63) is 63.1 Å². The number of oxime groups is 1. The molecular formula is C17H16BrClN2O4. The minimum atomic E-state index is -0.733. The van der Waals surface area contributed by atoms with Crippen LogP contribution in [0.3, 0.4) is 0 Å². The van der Waals surface area contributed by atoms with Crippen molar-refractivity contribution in [1.82, 2.24) is 5.48 Å². The summed E-state index contributed by atoms with van der Waals surface area (Å²) in [5.74, 6) is 0.268. The van der Waals surface area contributed by atoms with E-state index in [2.05, 4.69) is 31.3 Å². The first kappa shape index (κ1) is 19.1. The third kappa shape index (κ3) is 5.65. The number of rotatable bonds is 6.